The molecule has 1 saturated carbocycles. The minimum atomic E-state index is -0.240. The van der Waals surface area contributed by atoms with E-state index >= 15 is 0 Å². The maximum Gasteiger partial charge on any atom is 0.308 e. The summed E-state index contributed by atoms with van der Waals surface area (Å²) in [7, 11) is 2.86. The molecule has 0 aromatic carbocycles. The average Bonchev–Trinajstić information content (AvgIpc) is 2.49. The SMILES string of the molecule is COC(=O)[C@H](C[C@H](C(=O)OC)C1CCCCC1)CC(C)(C)C. The Labute approximate surface area is 134 Å². The molecule has 4 heteroatoms. The van der Waals surface area contributed by atoms with E-state index in [1.54, 1.807) is 0 Å². The van der Waals surface area contributed by atoms with Crippen molar-refractivity contribution in [1.82, 2.24) is 0 Å². The third-order valence-electron chi connectivity index (χ3n) is 4.65. The van der Waals surface area contributed by atoms with Crippen molar-refractivity contribution in [3.8, 4) is 0 Å². The molecule has 4 nitrogen and oxygen atoms in total. The molecule has 1 fully saturated rings. The van der Waals surface area contributed by atoms with Gasteiger partial charge in [0.1, 0.15) is 0 Å². The Morgan fingerprint density at radius 1 is 1.00 bits per heavy atom. The van der Waals surface area contributed by atoms with Crippen molar-refractivity contribution in [2.45, 2.75) is 65.7 Å². The second-order valence-corrected chi connectivity index (χ2v) is 7.75. The molecule has 0 bridgehead atoms. The van der Waals surface area contributed by atoms with Crippen molar-refractivity contribution >= 4 is 11.9 Å². The maximum atomic E-state index is 12.2. The fourth-order valence-electron chi connectivity index (χ4n) is 3.64. The molecule has 0 radical (unpaired) electrons. The van der Waals surface area contributed by atoms with Crippen LogP contribution in [-0.2, 0) is 19.1 Å². The molecular weight excluding hydrogens is 280 g/mol. The minimum absolute atomic E-state index is 0.0199. The van der Waals surface area contributed by atoms with Crippen LogP contribution >= 0.6 is 0 Å². The first-order chi connectivity index (χ1) is 10.3. The normalized spacial score (nSPS) is 19.3. The molecule has 22 heavy (non-hydrogen) atoms. The number of hydrogen-bond donors (Lipinski definition) is 0. The molecule has 1 aliphatic rings. The fraction of sp³-hybridized carbons (Fsp3) is 0.889. The molecule has 0 aromatic heterocycles. The van der Waals surface area contributed by atoms with Gasteiger partial charge in [-0.05, 0) is 37.0 Å². The number of ether oxygens (including phenoxy) is 2. The summed E-state index contributed by atoms with van der Waals surface area (Å²) < 4.78 is 9.99. The Morgan fingerprint density at radius 2 is 1.55 bits per heavy atom. The predicted molar refractivity (Wildman–Crippen MR) is 86.3 cm³/mol. The van der Waals surface area contributed by atoms with Crippen LogP contribution < -0.4 is 0 Å². The van der Waals surface area contributed by atoms with Crippen molar-refractivity contribution in [3.05, 3.63) is 0 Å². The van der Waals surface area contributed by atoms with E-state index in [1.165, 1.54) is 33.5 Å². The minimum Gasteiger partial charge on any atom is -0.469 e. The van der Waals surface area contributed by atoms with Gasteiger partial charge in [-0.25, -0.2) is 0 Å². The molecule has 1 aliphatic carbocycles. The van der Waals surface area contributed by atoms with Gasteiger partial charge in [0.05, 0.1) is 26.1 Å². The Hall–Kier alpha value is -1.06. The number of methoxy groups -OCH3 is 2. The van der Waals surface area contributed by atoms with Crippen LogP contribution in [0.1, 0.15) is 65.7 Å². The monoisotopic (exact) mass is 312 g/mol. The topological polar surface area (TPSA) is 52.6 Å². The number of hydrogen-bond acceptors (Lipinski definition) is 4. The van der Waals surface area contributed by atoms with E-state index < -0.39 is 0 Å². The van der Waals surface area contributed by atoms with Crippen molar-refractivity contribution in [3.63, 3.8) is 0 Å². The van der Waals surface area contributed by atoms with Crippen LogP contribution in [0.15, 0.2) is 0 Å². The molecule has 0 unspecified atom stereocenters. The van der Waals surface area contributed by atoms with E-state index in [9.17, 15) is 9.59 Å². The van der Waals surface area contributed by atoms with Gasteiger partial charge in [0.2, 0.25) is 0 Å². The van der Waals surface area contributed by atoms with Crippen LogP contribution in [0.5, 0.6) is 0 Å². The molecule has 0 saturated heterocycles. The van der Waals surface area contributed by atoms with Gasteiger partial charge in [-0.3, -0.25) is 9.59 Å². The van der Waals surface area contributed by atoms with E-state index in [0.717, 1.165) is 19.3 Å². The van der Waals surface area contributed by atoms with Gasteiger partial charge in [0, 0.05) is 0 Å². The molecule has 0 aromatic rings. The van der Waals surface area contributed by atoms with Gasteiger partial charge >= 0.3 is 11.9 Å². The van der Waals surface area contributed by atoms with Crippen LogP contribution in [0.25, 0.3) is 0 Å². The molecule has 0 aliphatic heterocycles. The summed E-state index contributed by atoms with van der Waals surface area (Å²) in [5, 5.41) is 0. The van der Waals surface area contributed by atoms with Crippen LogP contribution in [0.3, 0.4) is 0 Å². The average molecular weight is 312 g/mol. The van der Waals surface area contributed by atoms with Crippen LogP contribution in [0, 0.1) is 23.2 Å². The first-order valence-electron chi connectivity index (χ1n) is 8.44. The van der Waals surface area contributed by atoms with Gasteiger partial charge in [0.15, 0.2) is 0 Å². The summed E-state index contributed by atoms with van der Waals surface area (Å²) in [6.07, 6.45) is 6.96. The summed E-state index contributed by atoms with van der Waals surface area (Å²) in [5.74, 6) is -0.463. The third-order valence-corrected chi connectivity index (χ3v) is 4.65. The molecule has 0 N–H and O–H groups in total. The Morgan fingerprint density at radius 3 is 2.00 bits per heavy atom. The smallest absolute Gasteiger partial charge is 0.308 e. The lowest BCUT2D eigenvalue weighted by Gasteiger charge is -2.32. The highest BCUT2D eigenvalue weighted by atomic mass is 16.5. The largest absolute Gasteiger partial charge is 0.469 e. The van der Waals surface area contributed by atoms with Crippen molar-refractivity contribution in [1.29, 1.82) is 0 Å². The summed E-state index contributed by atoms with van der Waals surface area (Å²) in [6.45, 7) is 6.32. The number of esters is 2. The zero-order valence-corrected chi connectivity index (χ0v) is 14.8. The van der Waals surface area contributed by atoms with E-state index in [4.69, 9.17) is 9.47 Å². The zero-order valence-electron chi connectivity index (χ0n) is 14.8. The van der Waals surface area contributed by atoms with Gasteiger partial charge in [-0.2, -0.15) is 0 Å². The predicted octanol–water partition coefficient (Wildman–Crippen LogP) is 3.97. The van der Waals surface area contributed by atoms with Gasteiger partial charge in [0.25, 0.3) is 0 Å². The van der Waals surface area contributed by atoms with E-state index in [2.05, 4.69) is 20.8 Å². The summed E-state index contributed by atoms with van der Waals surface area (Å²) >= 11 is 0. The highest BCUT2D eigenvalue weighted by Gasteiger charge is 2.36. The molecule has 1 rings (SSSR count). The molecule has 0 heterocycles. The lowest BCUT2D eigenvalue weighted by molar-refractivity contribution is -0.152. The quantitative estimate of drug-likeness (QED) is 0.696. The van der Waals surface area contributed by atoms with E-state index in [-0.39, 0.29) is 29.2 Å². The molecule has 2 atom stereocenters. The molecular formula is C18H32O4. The zero-order chi connectivity index (χ0) is 16.8. The fourth-order valence-corrected chi connectivity index (χ4v) is 3.64. The second-order valence-electron chi connectivity index (χ2n) is 7.75. The summed E-state index contributed by atoms with van der Waals surface area (Å²) in [5.41, 5.74) is 0.0199. The highest BCUT2D eigenvalue weighted by molar-refractivity contribution is 5.76. The first kappa shape index (κ1) is 19.0. The van der Waals surface area contributed by atoms with E-state index in [0.29, 0.717) is 12.3 Å². The Balaban J connectivity index is 2.86. The van der Waals surface area contributed by atoms with Gasteiger partial charge in [-0.15, -0.1) is 0 Å². The maximum absolute atomic E-state index is 12.2. The van der Waals surface area contributed by atoms with E-state index in [1.807, 2.05) is 0 Å². The van der Waals surface area contributed by atoms with Crippen molar-refractivity contribution < 1.29 is 19.1 Å². The molecule has 0 amide bonds. The molecule has 0 spiro atoms. The summed E-state index contributed by atoms with van der Waals surface area (Å²) in [4.78, 5) is 24.4. The van der Waals surface area contributed by atoms with Crippen LogP contribution in [-0.4, -0.2) is 26.2 Å². The standard InChI is InChI=1S/C18H32O4/c1-18(2,3)12-14(16(19)21-4)11-15(17(20)22-5)13-9-7-6-8-10-13/h13-15H,6-12H2,1-5H3/t14-,15+/m1/s1. The summed E-state index contributed by atoms with van der Waals surface area (Å²) in [6, 6.07) is 0. The lowest BCUT2D eigenvalue weighted by Crippen LogP contribution is -2.33. The van der Waals surface area contributed by atoms with Crippen LogP contribution in [0.4, 0.5) is 0 Å². The number of carbonyl (C=O) groups is 2. The molecule has 128 valence electrons. The van der Waals surface area contributed by atoms with Crippen LogP contribution in [0.2, 0.25) is 0 Å². The second kappa shape index (κ2) is 8.54. The van der Waals surface area contributed by atoms with Crippen molar-refractivity contribution in [2.24, 2.45) is 23.2 Å². The first-order valence-corrected chi connectivity index (χ1v) is 8.44. The number of rotatable bonds is 6. The lowest BCUT2D eigenvalue weighted by atomic mass is 9.73. The van der Waals surface area contributed by atoms with Gasteiger partial charge in [-0.1, -0.05) is 40.0 Å². The van der Waals surface area contributed by atoms with Crippen molar-refractivity contribution in [2.75, 3.05) is 14.2 Å². The Kier molecular flexibility index (Phi) is 7.37. The third kappa shape index (κ3) is 5.98. The van der Waals surface area contributed by atoms with Gasteiger partial charge < -0.3 is 9.47 Å². The highest BCUT2D eigenvalue weighted by Crippen LogP contribution is 2.37. The number of carbonyl (C=O) groups excluding carboxylic acids is 2. The Bertz CT molecular complexity index is 364.